The summed E-state index contributed by atoms with van der Waals surface area (Å²) >= 11 is 0. The monoisotopic (exact) mass is 299 g/mol. The molecule has 7 heteroatoms. The molecule has 0 radical (unpaired) electrons. The summed E-state index contributed by atoms with van der Waals surface area (Å²) in [6.07, 6.45) is 11.2. The molecule has 2 N–H and O–H groups in total. The molecular formula is C13H21N3O3S. The van der Waals surface area contributed by atoms with Crippen molar-refractivity contribution in [2.45, 2.75) is 68.1 Å². The summed E-state index contributed by atoms with van der Waals surface area (Å²) < 4.78 is 30.3. The van der Waals surface area contributed by atoms with E-state index in [1.807, 2.05) is 0 Å². The lowest BCUT2D eigenvalue weighted by atomic mass is 9.83. The Morgan fingerprint density at radius 3 is 2.75 bits per heavy atom. The Hall–Kier alpha value is -0.920. The van der Waals surface area contributed by atoms with E-state index < -0.39 is 10.0 Å². The van der Waals surface area contributed by atoms with Gasteiger partial charge in [-0.1, -0.05) is 19.3 Å². The van der Waals surface area contributed by atoms with Gasteiger partial charge in [0.25, 0.3) is 0 Å². The fraction of sp³-hybridized carbons (Fsp3) is 0.769. The molecule has 0 aromatic carbocycles. The fourth-order valence-electron chi connectivity index (χ4n) is 3.39. The summed E-state index contributed by atoms with van der Waals surface area (Å²) in [5.74, 6) is 0. The number of sulfonamides is 1. The van der Waals surface area contributed by atoms with Crippen molar-refractivity contribution >= 4 is 10.0 Å². The number of hydrogen-bond donors (Lipinski definition) is 1. The van der Waals surface area contributed by atoms with E-state index in [0.29, 0.717) is 6.54 Å². The van der Waals surface area contributed by atoms with Crippen LogP contribution in [-0.2, 0) is 21.3 Å². The third kappa shape index (κ3) is 2.89. The minimum atomic E-state index is -3.67. The van der Waals surface area contributed by atoms with Crippen LogP contribution in [0.5, 0.6) is 0 Å². The Morgan fingerprint density at radius 2 is 2.10 bits per heavy atom. The number of aromatic nitrogens is 2. The predicted octanol–water partition coefficient (Wildman–Crippen LogP) is 1.41. The van der Waals surface area contributed by atoms with Gasteiger partial charge in [0.1, 0.15) is 4.90 Å². The van der Waals surface area contributed by atoms with E-state index in [4.69, 9.17) is 9.88 Å². The molecule has 0 amide bonds. The maximum atomic E-state index is 11.2. The largest absolute Gasteiger partial charge is 0.370 e. The van der Waals surface area contributed by atoms with Crippen LogP contribution in [0.1, 0.15) is 44.9 Å². The molecule has 3 rings (SSSR count). The minimum absolute atomic E-state index is 0.0582. The molecule has 1 atom stereocenters. The Labute approximate surface area is 119 Å². The summed E-state index contributed by atoms with van der Waals surface area (Å²) in [6.45, 7) is 0.595. The maximum Gasteiger partial charge on any atom is 0.241 e. The quantitative estimate of drug-likeness (QED) is 0.914. The fourth-order valence-corrected chi connectivity index (χ4v) is 3.85. The van der Waals surface area contributed by atoms with Crippen LogP contribution >= 0.6 is 0 Å². The Balaban J connectivity index is 1.63. The highest BCUT2D eigenvalue weighted by atomic mass is 32.2. The topological polar surface area (TPSA) is 87.2 Å². The molecule has 1 aromatic heterocycles. The number of nitrogens with zero attached hydrogens (tertiary/aromatic N) is 2. The van der Waals surface area contributed by atoms with Crippen molar-refractivity contribution in [2.75, 3.05) is 0 Å². The van der Waals surface area contributed by atoms with Gasteiger partial charge in [0.05, 0.1) is 24.4 Å². The first kappa shape index (κ1) is 14.0. The van der Waals surface area contributed by atoms with Gasteiger partial charge in [-0.15, -0.1) is 0 Å². The Bertz CT molecular complexity index is 575. The van der Waals surface area contributed by atoms with E-state index in [-0.39, 0.29) is 16.6 Å². The Morgan fingerprint density at radius 1 is 1.35 bits per heavy atom. The van der Waals surface area contributed by atoms with E-state index in [2.05, 4.69) is 5.10 Å². The van der Waals surface area contributed by atoms with Gasteiger partial charge in [-0.3, -0.25) is 4.68 Å². The number of nitrogens with two attached hydrogens (primary N) is 1. The molecule has 112 valence electrons. The lowest BCUT2D eigenvalue weighted by molar-refractivity contribution is -0.0688. The zero-order valence-electron chi connectivity index (χ0n) is 11.5. The van der Waals surface area contributed by atoms with Crippen LogP contribution in [0.4, 0.5) is 0 Å². The van der Waals surface area contributed by atoms with E-state index in [0.717, 1.165) is 25.7 Å². The van der Waals surface area contributed by atoms with Gasteiger partial charge in [-0.25, -0.2) is 13.6 Å². The van der Waals surface area contributed by atoms with Crippen LogP contribution in [0.25, 0.3) is 0 Å². The first-order chi connectivity index (χ1) is 9.47. The van der Waals surface area contributed by atoms with Gasteiger partial charge in [-0.05, 0) is 25.7 Å². The van der Waals surface area contributed by atoms with Crippen molar-refractivity contribution in [2.24, 2.45) is 5.14 Å². The molecule has 2 fully saturated rings. The highest BCUT2D eigenvalue weighted by Crippen LogP contribution is 2.42. The highest BCUT2D eigenvalue weighted by Gasteiger charge is 2.40. The average molecular weight is 299 g/mol. The first-order valence-electron chi connectivity index (χ1n) is 7.20. The molecule has 6 nitrogen and oxygen atoms in total. The molecule has 20 heavy (non-hydrogen) atoms. The van der Waals surface area contributed by atoms with E-state index in [1.54, 1.807) is 4.68 Å². The van der Waals surface area contributed by atoms with Crippen LogP contribution in [0.3, 0.4) is 0 Å². The standard InChI is InChI=1S/C13H21N3O3S/c14-20(17,18)12-8-15-16(10-12)9-11-4-7-13(19-11)5-2-1-3-6-13/h8,10-11H,1-7,9H2,(H2,14,17,18). The molecule has 1 aliphatic carbocycles. The van der Waals surface area contributed by atoms with E-state index in [1.165, 1.54) is 31.7 Å². The lowest BCUT2D eigenvalue weighted by Crippen LogP contribution is -2.32. The molecule has 1 aliphatic heterocycles. The van der Waals surface area contributed by atoms with E-state index in [9.17, 15) is 8.42 Å². The molecule has 1 saturated heterocycles. The number of rotatable bonds is 3. The van der Waals surface area contributed by atoms with Crippen LogP contribution in [0.2, 0.25) is 0 Å². The smallest absolute Gasteiger partial charge is 0.241 e. The van der Waals surface area contributed by atoms with Crippen molar-refractivity contribution < 1.29 is 13.2 Å². The second kappa shape index (κ2) is 5.13. The van der Waals surface area contributed by atoms with Crippen molar-refractivity contribution in [3.63, 3.8) is 0 Å². The van der Waals surface area contributed by atoms with E-state index >= 15 is 0 Å². The minimum Gasteiger partial charge on any atom is -0.370 e. The zero-order valence-corrected chi connectivity index (χ0v) is 12.3. The highest BCUT2D eigenvalue weighted by molar-refractivity contribution is 7.89. The van der Waals surface area contributed by atoms with Crippen LogP contribution in [-0.4, -0.2) is 29.9 Å². The summed E-state index contributed by atoms with van der Waals surface area (Å²) in [6, 6.07) is 0. The average Bonchev–Trinajstić information content (AvgIpc) is 2.99. The molecule has 1 aromatic rings. The molecule has 1 spiro atoms. The number of primary sulfonamides is 1. The second-order valence-corrected chi connectivity index (χ2v) is 7.53. The third-order valence-electron chi connectivity index (χ3n) is 4.43. The molecule has 1 unspecified atom stereocenters. The normalized spacial score (nSPS) is 26.1. The lowest BCUT2D eigenvalue weighted by Gasteiger charge is -2.33. The summed E-state index contributed by atoms with van der Waals surface area (Å²) in [5, 5.41) is 9.13. The van der Waals surface area contributed by atoms with Crippen molar-refractivity contribution in [1.82, 2.24) is 9.78 Å². The summed E-state index contributed by atoms with van der Waals surface area (Å²) in [4.78, 5) is 0.0582. The summed E-state index contributed by atoms with van der Waals surface area (Å²) in [5.41, 5.74) is 0.0822. The van der Waals surface area contributed by atoms with Crippen molar-refractivity contribution in [3.8, 4) is 0 Å². The molecular weight excluding hydrogens is 278 g/mol. The van der Waals surface area contributed by atoms with Crippen molar-refractivity contribution in [3.05, 3.63) is 12.4 Å². The SMILES string of the molecule is NS(=O)(=O)c1cnn(CC2CCC3(CCCCC3)O2)c1. The first-order valence-corrected chi connectivity index (χ1v) is 8.75. The van der Waals surface area contributed by atoms with Gasteiger partial charge >= 0.3 is 0 Å². The van der Waals surface area contributed by atoms with Gasteiger partial charge in [-0.2, -0.15) is 5.10 Å². The summed E-state index contributed by atoms with van der Waals surface area (Å²) in [7, 11) is -3.67. The van der Waals surface area contributed by atoms with Crippen molar-refractivity contribution in [1.29, 1.82) is 0 Å². The molecule has 2 heterocycles. The maximum absolute atomic E-state index is 11.2. The third-order valence-corrected chi connectivity index (χ3v) is 5.30. The molecule has 2 aliphatic rings. The van der Waals surface area contributed by atoms with Crippen LogP contribution in [0.15, 0.2) is 17.3 Å². The van der Waals surface area contributed by atoms with Gasteiger partial charge in [0.2, 0.25) is 10.0 Å². The number of hydrogen-bond acceptors (Lipinski definition) is 4. The molecule has 1 saturated carbocycles. The second-order valence-electron chi connectivity index (χ2n) is 5.97. The van der Waals surface area contributed by atoms with Gasteiger partial charge in [0.15, 0.2) is 0 Å². The number of ether oxygens (including phenoxy) is 1. The molecule has 0 bridgehead atoms. The van der Waals surface area contributed by atoms with Crippen LogP contribution in [0, 0.1) is 0 Å². The van der Waals surface area contributed by atoms with Gasteiger partial charge < -0.3 is 4.74 Å². The predicted molar refractivity (Wildman–Crippen MR) is 73.5 cm³/mol. The van der Waals surface area contributed by atoms with Gasteiger partial charge in [0, 0.05) is 6.20 Å². The zero-order chi connectivity index (χ0) is 14.2. The van der Waals surface area contributed by atoms with Crippen LogP contribution < -0.4 is 5.14 Å². The Kier molecular flexibility index (Phi) is 3.60.